The van der Waals surface area contributed by atoms with Crippen LogP contribution in [-0.2, 0) is 16.1 Å². The van der Waals surface area contributed by atoms with Gasteiger partial charge >= 0.3 is 0 Å². The normalized spacial score (nSPS) is 23.3. The van der Waals surface area contributed by atoms with Crippen LogP contribution in [-0.4, -0.2) is 83.0 Å². The highest BCUT2D eigenvalue weighted by molar-refractivity contribution is 5.79. The monoisotopic (exact) mass is 374 g/mol. The Kier molecular flexibility index (Phi) is 6.44. The van der Waals surface area contributed by atoms with Crippen molar-refractivity contribution in [3.63, 3.8) is 0 Å². The van der Waals surface area contributed by atoms with Gasteiger partial charge in [-0.1, -0.05) is 6.07 Å². The molecule has 2 aliphatic rings. The fourth-order valence-corrected chi connectivity index (χ4v) is 4.34. The number of likely N-dealkylation sites (N-methyl/N-ethyl adjacent to an activating group) is 1. The quantitative estimate of drug-likeness (QED) is 0.795. The number of hydrogen-bond donors (Lipinski definition) is 1. The van der Waals surface area contributed by atoms with E-state index in [1.807, 2.05) is 35.0 Å². The summed E-state index contributed by atoms with van der Waals surface area (Å²) in [4.78, 5) is 34.9. The van der Waals surface area contributed by atoms with Gasteiger partial charge in [0, 0.05) is 50.8 Å². The van der Waals surface area contributed by atoms with E-state index < -0.39 is 0 Å². The molecule has 7 nitrogen and oxygen atoms in total. The van der Waals surface area contributed by atoms with Crippen molar-refractivity contribution in [2.75, 3.05) is 46.4 Å². The summed E-state index contributed by atoms with van der Waals surface area (Å²) >= 11 is 0. The SMILES string of the molecule is CN(CC(=O)N1CCC[C@]2(CCC(=O)N(CCO)C2)C1)Cc1ccccn1. The third kappa shape index (κ3) is 5.05. The number of nitrogens with zero attached hydrogens (tertiary/aromatic N) is 4. The molecule has 0 saturated carbocycles. The lowest BCUT2D eigenvalue weighted by Gasteiger charge is -2.48. The van der Waals surface area contributed by atoms with E-state index in [9.17, 15) is 14.7 Å². The van der Waals surface area contributed by atoms with E-state index in [0.717, 1.165) is 31.5 Å². The van der Waals surface area contributed by atoms with Crippen LogP contribution >= 0.6 is 0 Å². The standard InChI is InChI=1S/C20H30N4O3/c1-22(13-17-5-2-3-9-21-17)14-19(27)23-10-4-7-20(15-23)8-6-18(26)24(16-20)11-12-25/h2-3,5,9,25H,4,6-8,10-16H2,1H3/t20-/m0/s1. The van der Waals surface area contributed by atoms with Gasteiger partial charge in [0.25, 0.3) is 0 Å². The Labute approximate surface area is 161 Å². The van der Waals surface area contributed by atoms with Crippen molar-refractivity contribution in [2.24, 2.45) is 5.41 Å². The third-order valence-corrected chi connectivity index (χ3v) is 5.70. The van der Waals surface area contributed by atoms with Crippen LogP contribution in [0.5, 0.6) is 0 Å². The molecule has 148 valence electrons. The minimum atomic E-state index is -0.0173. The number of aromatic nitrogens is 1. The van der Waals surface area contributed by atoms with Crippen LogP contribution in [0.25, 0.3) is 0 Å². The number of carbonyl (C=O) groups excluding carboxylic acids is 2. The van der Waals surface area contributed by atoms with Crippen LogP contribution in [0.4, 0.5) is 0 Å². The molecule has 2 fully saturated rings. The van der Waals surface area contributed by atoms with Crippen molar-refractivity contribution in [3.05, 3.63) is 30.1 Å². The Morgan fingerprint density at radius 1 is 1.33 bits per heavy atom. The van der Waals surface area contributed by atoms with Crippen molar-refractivity contribution < 1.29 is 14.7 Å². The van der Waals surface area contributed by atoms with Gasteiger partial charge in [-0.2, -0.15) is 0 Å². The molecule has 2 amide bonds. The minimum absolute atomic E-state index is 0.0111. The summed E-state index contributed by atoms with van der Waals surface area (Å²) in [6, 6.07) is 5.80. The molecule has 1 aromatic rings. The fraction of sp³-hybridized carbons (Fsp3) is 0.650. The molecule has 1 aromatic heterocycles. The van der Waals surface area contributed by atoms with Crippen molar-refractivity contribution in [1.29, 1.82) is 0 Å². The topological polar surface area (TPSA) is 77.0 Å². The summed E-state index contributed by atoms with van der Waals surface area (Å²) in [6.07, 6.45) is 5.12. The van der Waals surface area contributed by atoms with E-state index in [1.165, 1.54) is 0 Å². The number of amides is 2. The van der Waals surface area contributed by atoms with Crippen LogP contribution < -0.4 is 0 Å². The number of rotatable bonds is 6. The van der Waals surface area contributed by atoms with Gasteiger partial charge in [-0.25, -0.2) is 0 Å². The average molecular weight is 374 g/mol. The lowest BCUT2D eigenvalue weighted by molar-refractivity contribution is -0.143. The van der Waals surface area contributed by atoms with Gasteiger partial charge in [-0.05, 0) is 38.4 Å². The van der Waals surface area contributed by atoms with Gasteiger partial charge in [0.2, 0.25) is 11.8 Å². The zero-order chi connectivity index (χ0) is 19.3. The number of aliphatic hydroxyl groups is 1. The van der Waals surface area contributed by atoms with Crippen molar-refractivity contribution >= 4 is 11.8 Å². The van der Waals surface area contributed by atoms with Crippen LogP contribution in [0.2, 0.25) is 0 Å². The number of piperidine rings is 2. The van der Waals surface area contributed by atoms with Gasteiger partial charge in [0.05, 0.1) is 18.8 Å². The maximum absolute atomic E-state index is 12.8. The van der Waals surface area contributed by atoms with E-state index in [4.69, 9.17) is 0 Å². The van der Waals surface area contributed by atoms with Gasteiger partial charge in [0.1, 0.15) is 0 Å². The van der Waals surface area contributed by atoms with Crippen LogP contribution in [0, 0.1) is 5.41 Å². The zero-order valence-electron chi connectivity index (χ0n) is 16.1. The van der Waals surface area contributed by atoms with Crippen molar-refractivity contribution in [1.82, 2.24) is 19.7 Å². The molecule has 3 heterocycles. The van der Waals surface area contributed by atoms with E-state index in [0.29, 0.717) is 39.1 Å². The average Bonchev–Trinajstić information content (AvgIpc) is 2.66. The maximum Gasteiger partial charge on any atom is 0.236 e. The van der Waals surface area contributed by atoms with Crippen molar-refractivity contribution in [2.45, 2.75) is 32.2 Å². The van der Waals surface area contributed by atoms with Crippen LogP contribution in [0.1, 0.15) is 31.4 Å². The van der Waals surface area contributed by atoms with Crippen molar-refractivity contribution in [3.8, 4) is 0 Å². The molecular formula is C20H30N4O3. The molecule has 1 spiro atoms. The first-order valence-electron chi connectivity index (χ1n) is 9.76. The first-order chi connectivity index (χ1) is 13.0. The first-order valence-corrected chi connectivity index (χ1v) is 9.76. The van der Waals surface area contributed by atoms with E-state index in [2.05, 4.69) is 4.98 Å². The Morgan fingerprint density at radius 2 is 2.19 bits per heavy atom. The predicted octanol–water partition coefficient (Wildman–Crippen LogP) is 0.737. The molecule has 0 aliphatic carbocycles. The predicted molar refractivity (Wildman–Crippen MR) is 102 cm³/mol. The summed E-state index contributed by atoms with van der Waals surface area (Å²) in [6.45, 7) is 3.53. The molecule has 2 saturated heterocycles. The van der Waals surface area contributed by atoms with E-state index in [1.54, 1.807) is 11.1 Å². The minimum Gasteiger partial charge on any atom is -0.395 e. The summed E-state index contributed by atoms with van der Waals surface area (Å²) < 4.78 is 0. The summed E-state index contributed by atoms with van der Waals surface area (Å²) in [5.41, 5.74) is 0.935. The number of pyridine rings is 1. The van der Waals surface area contributed by atoms with Crippen LogP contribution in [0.15, 0.2) is 24.4 Å². The molecule has 0 unspecified atom stereocenters. The lowest BCUT2D eigenvalue weighted by Crippen LogP contribution is -2.56. The molecule has 0 bridgehead atoms. The maximum atomic E-state index is 12.8. The van der Waals surface area contributed by atoms with E-state index in [-0.39, 0.29) is 23.8 Å². The second kappa shape index (κ2) is 8.80. The molecule has 1 atom stereocenters. The Balaban J connectivity index is 1.57. The lowest BCUT2D eigenvalue weighted by atomic mass is 9.73. The fourth-order valence-electron chi connectivity index (χ4n) is 4.34. The van der Waals surface area contributed by atoms with Gasteiger partial charge in [-0.3, -0.25) is 19.5 Å². The van der Waals surface area contributed by atoms with Gasteiger partial charge < -0.3 is 14.9 Å². The van der Waals surface area contributed by atoms with E-state index >= 15 is 0 Å². The largest absolute Gasteiger partial charge is 0.395 e. The Bertz CT molecular complexity index is 654. The number of aliphatic hydroxyl groups excluding tert-OH is 1. The molecule has 0 aromatic carbocycles. The van der Waals surface area contributed by atoms with Crippen LogP contribution in [0.3, 0.4) is 0 Å². The number of likely N-dealkylation sites (tertiary alicyclic amines) is 2. The summed E-state index contributed by atoms with van der Waals surface area (Å²) in [5, 5.41) is 9.21. The molecule has 27 heavy (non-hydrogen) atoms. The molecule has 2 aliphatic heterocycles. The third-order valence-electron chi connectivity index (χ3n) is 5.70. The number of hydrogen-bond acceptors (Lipinski definition) is 5. The smallest absolute Gasteiger partial charge is 0.236 e. The molecule has 1 N–H and O–H groups in total. The highest BCUT2D eigenvalue weighted by Crippen LogP contribution is 2.38. The first kappa shape index (κ1) is 19.8. The molecule has 7 heteroatoms. The molecule has 0 radical (unpaired) electrons. The zero-order valence-corrected chi connectivity index (χ0v) is 16.1. The van der Waals surface area contributed by atoms with Gasteiger partial charge in [0.15, 0.2) is 0 Å². The Hall–Kier alpha value is -1.99. The second-order valence-electron chi connectivity index (χ2n) is 7.95. The molecular weight excluding hydrogens is 344 g/mol. The molecule has 3 rings (SSSR count). The highest BCUT2D eigenvalue weighted by atomic mass is 16.3. The summed E-state index contributed by atoms with van der Waals surface area (Å²) in [7, 11) is 1.94. The number of carbonyl (C=O) groups is 2. The highest BCUT2D eigenvalue weighted by Gasteiger charge is 2.42. The second-order valence-corrected chi connectivity index (χ2v) is 7.95. The Morgan fingerprint density at radius 3 is 2.93 bits per heavy atom. The number of β-amino-alcohol motifs (C(OH)–C–C–N with tert-alkyl or cyclic N) is 1. The summed E-state index contributed by atoms with van der Waals surface area (Å²) in [5.74, 6) is 0.256. The van der Waals surface area contributed by atoms with Gasteiger partial charge in [-0.15, -0.1) is 0 Å².